The maximum atomic E-state index is 13.0. The van der Waals surface area contributed by atoms with Gasteiger partial charge in [0, 0.05) is 12.8 Å². The van der Waals surface area contributed by atoms with Crippen molar-refractivity contribution in [3.05, 3.63) is 72.9 Å². The van der Waals surface area contributed by atoms with E-state index in [0.717, 1.165) is 70.6 Å². The first-order chi connectivity index (χ1) is 43.6. The molecule has 0 spiro atoms. The number of carbonyl (C=O) groups excluding carboxylic acids is 2. The van der Waals surface area contributed by atoms with Crippen molar-refractivity contribution in [1.82, 2.24) is 0 Å². The van der Waals surface area contributed by atoms with Gasteiger partial charge < -0.3 is 28.5 Å². The summed E-state index contributed by atoms with van der Waals surface area (Å²) >= 11 is 0. The number of carboxylic acids is 1. The Labute approximate surface area is 551 Å². The van der Waals surface area contributed by atoms with Crippen molar-refractivity contribution in [1.29, 1.82) is 0 Å². The zero-order valence-corrected chi connectivity index (χ0v) is 59.3. The number of quaternary nitrogens is 1. The number of likely N-dealkylation sites (N-methyl/N-ethyl adjacent to an activating group) is 1. The number of hydrogen-bond donors (Lipinski definition) is 1. The standard InChI is InChI=1S/C80H145NO8/c1-6-8-10-12-14-16-18-20-22-24-26-28-30-32-34-35-36-37-38-39-40-41-42-43-45-46-48-50-52-54-56-58-60-62-64-66-68-70-77(82)87-74-76(75-88-80(79(84)85)86-73-72-81(3,4)5)89-78(83)71-69-67-65-63-61-59-57-55-53-51-49-47-44-33-31-29-27-25-23-21-19-17-15-13-11-9-7-2/h9,11,15,17-18,20-21,23-24,26-27,29,76,80H,6-8,10,12-14,16,19,22,25,28,30-75H2,1-5H3/p+1/b11-9-,17-15-,20-18-,23-21-,26-24-,29-27-. The minimum Gasteiger partial charge on any atom is -0.477 e. The average molecular weight is 1250 g/mol. The molecule has 0 heterocycles. The van der Waals surface area contributed by atoms with E-state index in [1.54, 1.807) is 0 Å². The molecule has 0 aliphatic heterocycles. The van der Waals surface area contributed by atoms with Crippen LogP contribution in [0.3, 0.4) is 0 Å². The van der Waals surface area contributed by atoms with Gasteiger partial charge in [-0.3, -0.25) is 9.59 Å². The van der Waals surface area contributed by atoms with E-state index >= 15 is 0 Å². The summed E-state index contributed by atoms with van der Waals surface area (Å²) in [6, 6.07) is 0. The number of aliphatic carboxylic acids is 1. The fraction of sp³-hybridized carbons (Fsp3) is 0.812. The molecule has 518 valence electrons. The first-order valence-corrected chi connectivity index (χ1v) is 38.1. The van der Waals surface area contributed by atoms with Crippen molar-refractivity contribution in [2.45, 2.75) is 373 Å². The molecule has 0 aromatic rings. The molecule has 0 bridgehead atoms. The Kier molecular flexibility index (Phi) is 68.0. The lowest BCUT2D eigenvalue weighted by Crippen LogP contribution is -2.40. The Bertz CT molecular complexity index is 1690. The summed E-state index contributed by atoms with van der Waals surface area (Å²) in [5.41, 5.74) is 0. The van der Waals surface area contributed by atoms with Gasteiger partial charge in [-0.1, -0.05) is 337 Å². The van der Waals surface area contributed by atoms with Crippen molar-refractivity contribution >= 4 is 17.9 Å². The van der Waals surface area contributed by atoms with E-state index in [0.29, 0.717) is 17.4 Å². The second kappa shape index (κ2) is 70.6. The third kappa shape index (κ3) is 72.0. The first-order valence-electron chi connectivity index (χ1n) is 38.1. The highest BCUT2D eigenvalue weighted by Crippen LogP contribution is 2.19. The monoisotopic (exact) mass is 1250 g/mol. The van der Waals surface area contributed by atoms with E-state index in [9.17, 15) is 19.5 Å². The Balaban J connectivity index is 3.99. The molecule has 0 aliphatic carbocycles. The van der Waals surface area contributed by atoms with Crippen molar-refractivity contribution < 1.29 is 42.9 Å². The Hall–Kier alpha value is -3.27. The Morgan fingerprint density at radius 2 is 0.640 bits per heavy atom. The molecule has 0 radical (unpaired) electrons. The molecular weight excluding hydrogens is 1100 g/mol. The van der Waals surface area contributed by atoms with Crippen LogP contribution >= 0.6 is 0 Å². The van der Waals surface area contributed by atoms with Gasteiger partial charge in [0.15, 0.2) is 6.10 Å². The number of nitrogens with zero attached hydrogens (tertiary/aromatic N) is 1. The summed E-state index contributed by atoms with van der Waals surface area (Å²) in [6.07, 6.45) is 91.9. The summed E-state index contributed by atoms with van der Waals surface area (Å²) in [4.78, 5) is 37.7. The van der Waals surface area contributed by atoms with Gasteiger partial charge in [-0.05, 0) is 83.5 Å². The lowest BCUT2D eigenvalue weighted by Gasteiger charge is -2.25. The average Bonchev–Trinajstić information content (AvgIpc) is 3.64. The summed E-state index contributed by atoms with van der Waals surface area (Å²) in [7, 11) is 5.99. The largest absolute Gasteiger partial charge is 0.477 e. The summed E-state index contributed by atoms with van der Waals surface area (Å²) in [5, 5.41) is 9.76. The lowest BCUT2D eigenvalue weighted by molar-refractivity contribution is -0.870. The molecule has 0 saturated carbocycles. The summed E-state index contributed by atoms with van der Waals surface area (Å²) in [5.74, 6) is -1.98. The van der Waals surface area contributed by atoms with Crippen LogP contribution in [0.5, 0.6) is 0 Å². The fourth-order valence-corrected chi connectivity index (χ4v) is 11.2. The van der Waals surface area contributed by atoms with Crippen molar-refractivity contribution in [3.63, 3.8) is 0 Å². The third-order valence-electron chi connectivity index (χ3n) is 16.9. The van der Waals surface area contributed by atoms with Crippen LogP contribution in [0.15, 0.2) is 72.9 Å². The number of ether oxygens (including phenoxy) is 4. The smallest absolute Gasteiger partial charge is 0.361 e. The Morgan fingerprint density at radius 3 is 0.955 bits per heavy atom. The molecule has 0 aliphatic rings. The van der Waals surface area contributed by atoms with E-state index in [2.05, 4.69) is 86.8 Å². The highest BCUT2D eigenvalue weighted by Gasteiger charge is 2.25. The second-order valence-electron chi connectivity index (χ2n) is 26.9. The van der Waals surface area contributed by atoms with Gasteiger partial charge in [-0.15, -0.1) is 0 Å². The van der Waals surface area contributed by atoms with Crippen LogP contribution in [0, 0.1) is 0 Å². The molecule has 9 heteroatoms. The fourth-order valence-electron chi connectivity index (χ4n) is 11.2. The normalized spacial score (nSPS) is 13.0. The van der Waals surface area contributed by atoms with Gasteiger partial charge in [0.1, 0.15) is 13.2 Å². The molecule has 9 nitrogen and oxygen atoms in total. The van der Waals surface area contributed by atoms with Crippen LogP contribution in [-0.2, 0) is 33.3 Å². The summed E-state index contributed by atoms with van der Waals surface area (Å²) < 4.78 is 23.0. The zero-order valence-electron chi connectivity index (χ0n) is 59.3. The van der Waals surface area contributed by atoms with E-state index in [1.807, 2.05) is 21.1 Å². The lowest BCUT2D eigenvalue weighted by atomic mass is 10.0. The van der Waals surface area contributed by atoms with Crippen LogP contribution in [-0.4, -0.2) is 87.4 Å². The Morgan fingerprint density at radius 1 is 0.348 bits per heavy atom. The topological polar surface area (TPSA) is 108 Å². The van der Waals surface area contributed by atoms with Crippen molar-refractivity contribution in [2.75, 3.05) is 47.5 Å². The van der Waals surface area contributed by atoms with E-state index in [-0.39, 0.29) is 32.2 Å². The molecule has 0 amide bonds. The van der Waals surface area contributed by atoms with Crippen LogP contribution in [0.25, 0.3) is 0 Å². The zero-order chi connectivity index (χ0) is 64.7. The van der Waals surface area contributed by atoms with Crippen LogP contribution < -0.4 is 0 Å². The number of allylic oxidation sites excluding steroid dienone is 12. The van der Waals surface area contributed by atoms with Gasteiger partial charge in [0.25, 0.3) is 6.29 Å². The molecule has 0 aromatic heterocycles. The second-order valence-corrected chi connectivity index (χ2v) is 26.9. The van der Waals surface area contributed by atoms with Crippen LogP contribution in [0.2, 0.25) is 0 Å². The quantitative estimate of drug-likeness (QED) is 0.0211. The van der Waals surface area contributed by atoms with Gasteiger partial charge in [0.2, 0.25) is 0 Å². The molecule has 0 aromatic carbocycles. The van der Waals surface area contributed by atoms with Gasteiger partial charge >= 0.3 is 17.9 Å². The SMILES string of the molecule is CC/C=C\C/C=C\C/C=C\C/C=C\CCCCCCCCCCCCCCCCC(=O)OC(COC(=O)CCCCCCCCCCCCCCCCCCCCCCCCCCC/C=C\C/C=C\CCCCCCC)COC(OCC[N+](C)(C)C)C(=O)O. The predicted octanol–water partition coefficient (Wildman–Crippen LogP) is 24.0. The highest BCUT2D eigenvalue weighted by atomic mass is 16.7. The number of esters is 2. The number of rotatable bonds is 71. The van der Waals surface area contributed by atoms with E-state index in [1.165, 1.54) is 263 Å². The minimum absolute atomic E-state index is 0.180. The van der Waals surface area contributed by atoms with Gasteiger partial charge in [-0.25, -0.2) is 4.79 Å². The third-order valence-corrected chi connectivity index (χ3v) is 16.9. The number of carboxylic acid groups (broad SMARTS) is 1. The molecule has 1 N–H and O–H groups in total. The number of carbonyl (C=O) groups is 3. The van der Waals surface area contributed by atoms with Gasteiger partial charge in [0.05, 0.1) is 34.4 Å². The maximum Gasteiger partial charge on any atom is 0.361 e. The number of unbranched alkanes of at least 4 members (excludes halogenated alkanes) is 44. The van der Waals surface area contributed by atoms with Crippen molar-refractivity contribution in [2.24, 2.45) is 0 Å². The minimum atomic E-state index is -1.51. The van der Waals surface area contributed by atoms with E-state index in [4.69, 9.17) is 18.9 Å². The maximum absolute atomic E-state index is 13.0. The highest BCUT2D eigenvalue weighted by molar-refractivity contribution is 5.71. The predicted molar refractivity (Wildman–Crippen MR) is 383 cm³/mol. The summed E-state index contributed by atoms with van der Waals surface area (Å²) in [6.45, 7) is 4.81. The van der Waals surface area contributed by atoms with Crippen molar-refractivity contribution in [3.8, 4) is 0 Å². The van der Waals surface area contributed by atoms with E-state index < -0.39 is 24.3 Å². The molecule has 89 heavy (non-hydrogen) atoms. The molecule has 0 rings (SSSR count). The van der Waals surface area contributed by atoms with Gasteiger partial charge in [-0.2, -0.15) is 0 Å². The number of hydrogen-bond acceptors (Lipinski definition) is 7. The first kappa shape index (κ1) is 85.7. The molecule has 2 atom stereocenters. The molecule has 0 fully saturated rings. The van der Waals surface area contributed by atoms with Crippen LogP contribution in [0.4, 0.5) is 0 Å². The van der Waals surface area contributed by atoms with Crippen LogP contribution in [0.1, 0.15) is 361 Å². The molecule has 0 saturated heterocycles. The molecule has 2 unspecified atom stereocenters. The molecular formula is C80H146NO8+.